The lowest BCUT2D eigenvalue weighted by Crippen LogP contribution is -2.21. The molecule has 6 aromatic heterocycles. The molecule has 0 bridgehead atoms. The van der Waals surface area contributed by atoms with Crippen LogP contribution in [0.4, 0.5) is 41.4 Å². The van der Waals surface area contributed by atoms with Crippen LogP contribution in [0.15, 0.2) is 165 Å². The Hall–Kier alpha value is -11.5. The quantitative estimate of drug-likeness (QED) is 0.0654. The van der Waals surface area contributed by atoms with Gasteiger partial charge in [0.2, 0.25) is 11.8 Å². The van der Waals surface area contributed by atoms with E-state index in [0.29, 0.717) is 103 Å². The number of fused-ring (bicyclic) bond motifs is 2. The number of pyridine rings is 2. The second-order valence-corrected chi connectivity index (χ2v) is 19.3. The fourth-order valence-electron chi connectivity index (χ4n) is 8.29. The maximum absolute atomic E-state index is 13.8. The Labute approximate surface area is 497 Å². The number of nitrogen functional groups attached to an aromatic ring is 1. The number of anilines is 4. The van der Waals surface area contributed by atoms with E-state index in [0.717, 1.165) is 29.2 Å². The Balaban J connectivity index is 0.000000165. The molecule has 25 heteroatoms. The van der Waals surface area contributed by atoms with Crippen LogP contribution < -0.4 is 54.8 Å². The van der Waals surface area contributed by atoms with Gasteiger partial charge in [0.15, 0.2) is 23.0 Å². The van der Waals surface area contributed by atoms with Gasteiger partial charge in [0.25, 0.3) is 0 Å². The number of halogens is 2. The molecular formula is C62H58F2N14O9. The van der Waals surface area contributed by atoms with Gasteiger partial charge in [-0.25, -0.2) is 47.7 Å². The molecule has 6 heterocycles. The standard InChI is InChI=1S/C28H26FN7O4.C18H17FN4O2.C16H15N3O3/c1-16(2)22-12-26(36(35-22)19-8-17(29)13-30-14-19)34-28(37)33-18-6-5-7-20(9-18)40-27-21-10-24(38-3)25(39-4)11-23(21)31-15-32-27;1-12(2)16-9-17(21-18(24)25-15-6-4-3-5-7-15)23(22-16)14-8-13(19)10-20-11-14;1-20-14-7-12-13(8-15(14)21-2)18-9-19-16(12)22-11-5-3-4-10(17)6-11/h5-16H,1-4H3,(H2,33,34,37);3-12H,1-2H3,(H,21,24);3-9H,17H2,1-2H3. The van der Waals surface area contributed by atoms with Crippen molar-refractivity contribution >= 4 is 56.9 Å². The summed E-state index contributed by atoms with van der Waals surface area (Å²) in [5.74, 6) is 4.37. The van der Waals surface area contributed by atoms with Gasteiger partial charge in [0.1, 0.15) is 53.2 Å². The smallest absolute Gasteiger partial charge is 0.418 e. The molecule has 0 saturated carbocycles. The van der Waals surface area contributed by atoms with Gasteiger partial charge >= 0.3 is 12.1 Å². The number of nitrogens with one attached hydrogen (secondary N) is 3. The summed E-state index contributed by atoms with van der Waals surface area (Å²) in [4.78, 5) is 49.8. The zero-order chi connectivity index (χ0) is 61.6. The van der Waals surface area contributed by atoms with Gasteiger partial charge in [0, 0.05) is 59.9 Å². The predicted molar refractivity (Wildman–Crippen MR) is 322 cm³/mol. The minimum atomic E-state index is -0.660. The topological polar surface area (TPSA) is 274 Å². The summed E-state index contributed by atoms with van der Waals surface area (Å²) in [6.07, 6.45) is 7.31. The van der Waals surface area contributed by atoms with Crippen molar-refractivity contribution in [3.63, 3.8) is 0 Å². The van der Waals surface area contributed by atoms with E-state index in [9.17, 15) is 18.4 Å². The van der Waals surface area contributed by atoms with Gasteiger partial charge in [-0.3, -0.25) is 20.6 Å². The summed E-state index contributed by atoms with van der Waals surface area (Å²) in [6, 6.07) is 35.2. The van der Waals surface area contributed by atoms with Crippen LogP contribution >= 0.6 is 0 Å². The summed E-state index contributed by atoms with van der Waals surface area (Å²) >= 11 is 0. The summed E-state index contributed by atoms with van der Waals surface area (Å²) in [5.41, 5.74) is 10.4. The van der Waals surface area contributed by atoms with Crippen LogP contribution in [0, 0.1) is 11.6 Å². The lowest BCUT2D eigenvalue weighted by atomic mass is 10.1. The first-order valence-electron chi connectivity index (χ1n) is 26.7. The van der Waals surface area contributed by atoms with Crippen LogP contribution in [-0.2, 0) is 0 Å². The second-order valence-electron chi connectivity index (χ2n) is 19.3. The molecule has 0 aliphatic heterocycles. The van der Waals surface area contributed by atoms with E-state index in [-0.39, 0.29) is 11.8 Å². The Morgan fingerprint density at radius 2 is 0.977 bits per heavy atom. The highest BCUT2D eigenvalue weighted by molar-refractivity contribution is 5.99. The van der Waals surface area contributed by atoms with Crippen LogP contribution in [0.1, 0.15) is 50.9 Å². The van der Waals surface area contributed by atoms with Crippen LogP contribution in [0.2, 0.25) is 0 Å². The Bertz CT molecular complexity index is 4210. The minimum absolute atomic E-state index is 0.0825. The van der Waals surface area contributed by atoms with Crippen molar-refractivity contribution < 1.29 is 51.5 Å². The van der Waals surface area contributed by atoms with Crippen molar-refractivity contribution in [1.82, 2.24) is 49.5 Å². The van der Waals surface area contributed by atoms with Crippen molar-refractivity contribution in [3.8, 4) is 63.4 Å². The van der Waals surface area contributed by atoms with Gasteiger partial charge < -0.3 is 44.2 Å². The SMILES string of the molecule is CC(C)c1cc(NC(=O)Oc2ccccc2)n(-c2cncc(F)c2)n1.COc1cc2ncnc(Oc3cccc(N)c3)c2cc1OC.COc1cc2ncnc(Oc3cccc(NC(=O)Nc4cc(C(C)C)nn4-c4cncc(F)c4)c3)c2cc1OC. The number of rotatable bonds is 16. The number of nitrogens with two attached hydrogens (primary N) is 1. The number of ether oxygens (including phenoxy) is 7. The third kappa shape index (κ3) is 15.2. The molecule has 11 aromatic rings. The van der Waals surface area contributed by atoms with E-state index in [1.807, 2.05) is 45.9 Å². The number of methoxy groups -OCH3 is 4. The number of carbonyl (C=O) groups excluding carboxylic acids is 2. The van der Waals surface area contributed by atoms with E-state index in [4.69, 9.17) is 38.9 Å². The molecule has 5 N–H and O–H groups in total. The van der Waals surface area contributed by atoms with Crippen molar-refractivity contribution in [2.24, 2.45) is 0 Å². The Morgan fingerprint density at radius 3 is 1.46 bits per heavy atom. The van der Waals surface area contributed by atoms with E-state index < -0.39 is 23.8 Å². The fraction of sp³-hybridized carbons (Fsp3) is 0.161. The minimum Gasteiger partial charge on any atom is -0.493 e. The Kier molecular flexibility index (Phi) is 19.1. The molecule has 0 radical (unpaired) electrons. The lowest BCUT2D eigenvalue weighted by molar-refractivity contribution is 0.215. The zero-order valence-corrected chi connectivity index (χ0v) is 48.2. The molecular weight excluding hydrogens is 1120 g/mol. The van der Waals surface area contributed by atoms with Crippen LogP contribution in [0.25, 0.3) is 33.2 Å². The monoisotopic (exact) mass is 1180 g/mol. The summed E-state index contributed by atoms with van der Waals surface area (Å²) in [6.45, 7) is 7.89. The van der Waals surface area contributed by atoms with Crippen LogP contribution in [-0.4, -0.2) is 90.0 Å². The lowest BCUT2D eigenvalue weighted by Gasteiger charge is -2.13. The maximum Gasteiger partial charge on any atom is 0.418 e. The van der Waals surface area contributed by atoms with E-state index >= 15 is 0 Å². The molecule has 444 valence electrons. The maximum atomic E-state index is 13.8. The predicted octanol–water partition coefficient (Wildman–Crippen LogP) is 13.1. The average Bonchev–Trinajstić information content (AvgIpc) is 2.57. The molecule has 0 saturated heterocycles. The van der Waals surface area contributed by atoms with Crippen LogP contribution in [0.5, 0.6) is 52.0 Å². The number of nitrogens with zero attached hydrogens (tertiary/aromatic N) is 10. The number of benzene rings is 5. The molecule has 0 unspecified atom stereocenters. The van der Waals surface area contributed by atoms with Gasteiger partial charge in [-0.15, -0.1) is 0 Å². The first kappa shape index (κ1) is 60.1. The number of aromatic nitrogens is 10. The Morgan fingerprint density at radius 1 is 0.506 bits per heavy atom. The molecule has 11 rings (SSSR count). The molecule has 0 aliphatic carbocycles. The number of hydrogen-bond donors (Lipinski definition) is 4. The summed E-state index contributed by atoms with van der Waals surface area (Å²) < 4.78 is 68.6. The van der Waals surface area contributed by atoms with Gasteiger partial charge in [-0.1, -0.05) is 58.0 Å². The average molecular weight is 1180 g/mol. The van der Waals surface area contributed by atoms with E-state index in [1.165, 1.54) is 46.5 Å². The second kappa shape index (κ2) is 27.7. The molecule has 0 atom stereocenters. The highest BCUT2D eigenvalue weighted by atomic mass is 19.1. The number of urea groups is 1. The van der Waals surface area contributed by atoms with Crippen LogP contribution in [0.3, 0.4) is 0 Å². The third-order valence-corrected chi connectivity index (χ3v) is 12.5. The van der Waals surface area contributed by atoms with Gasteiger partial charge in [0.05, 0.1) is 97.8 Å². The van der Waals surface area contributed by atoms with Gasteiger partial charge in [-0.2, -0.15) is 10.2 Å². The molecule has 0 spiro atoms. The number of amides is 3. The summed E-state index contributed by atoms with van der Waals surface area (Å²) in [7, 11) is 6.24. The molecule has 0 aliphatic rings. The molecule has 3 amide bonds. The van der Waals surface area contributed by atoms with Gasteiger partial charge in [-0.05, 0) is 60.4 Å². The number of hydrogen-bond acceptors (Lipinski definition) is 18. The first-order valence-corrected chi connectivity index (χ1v) is 26.7. The normalized spacial score (nSPS) is 10.8. The fourth-order valence-corrected chi connectivity index (χ4v) is 8.29. The highest BCUT2D eigenvalue weighted by Crippen LogP contribution is 2.38. The number of para-hydroxylation sites is 1. The number of carbonyl (C=O) groups is 2. The van der Waals surface area contributed by atoms with Crippen molar-refractivity contribution in [3.05, 3.63) is 188 Å². The first-order chi connectivity index (χ1) is 42.1. The molecule has 0 fully saturated rings. The van der Waals surface area contributed by atoms with E-state index in [2.05, 4.69) is 56.1 Å². The third-order valence-electron chi connectivity index (χ3n) is 12.5. The summed E-state index contributed by atoms with van der Waals surface area (Å²) in [5, 5.41) is 18.5. The molecule has 23 nitrogen and oxygen atoms in total. The van der Waals surface area contributed by atoms with Crippen molar-refractivity contribution in [2.45, 2.75) is 39.5 Å². The molecule has 87 heavy (non-hydrogen) atoms. The zero-order valence-electron chi connectivity index (χ0n) is 48.2. The molecule has 5 aromatic carbocycles. The van der Waals surface area contributed by atoms with Crippen molar-refractivity contribution in [1.29, 1.82) is 0 Å². The largest absolute Gasteiger partial charge is 0.493 e. The van der Waals surface area contributed by atoms with E-state index in [1.54, 1.807) is 126 Å². The highest BCUT2D eigenvalue weighted by Gasteiger charge is 2.20. The van der Waals surface area contributed by atoms with Crippen molar-refractivity contribution in [2.75, 3.05) is 50.1 Å².